The lowest BCUT2D eigenvalue weighted by atomic mass is 10.0. The Hall–Kier alpha value is -4.33. The van der Waals surface area contributed by atoms with Crippen molar-refractivity contribution in [3.63, 3.8) is 0 Å². The Morgan fingerprint density at radius 1 is 1.09 bits per heavy atom. The summed E-state index contributed by atoms with van der Waals surface area (Å²) in [6, 6.07) is 16.7. The number of nitrogens with zero attached hydrogens (tertiary/aromatic N) is 4. The van der Waals surface area contributed by atoms with Crippen molar-refractivity contribution in [3.05, 3.63) is 95.4 Å². The van der Waals surface area contributed by atoms with Crippen LogP contribution in [0.2, 0.25) is 0 Å². The van der Waals surface area contributed by atoms with E-state index < -0.39 is 5.97 Å². The van der Waals surface area contributed by atoms with Crippen LogP contribution in [0.1, 0.15) is 38.0 Å². The maximum Gasteiger partial charge on any atom is 0.395 e. The number of anilines is 1. The summed E-state index contributed by atoms with van der Waals surface area (Å²) in [6.07, 6.45) is 3.82. The van der Waals surface area contributed by atoms with E-state index >= 15 is 0 Å². The van der Waals surface area contributed by atoms with Crippen molar-refractivity contribution in [1.29, 1.82) is 0 Å². The van der Waals surface area contributed by atoms with Crippen LogP contribution in [0.15, 0.2) is 71.4 Å². The van der Waals surface area contributed by atoms with Gasteiger partial charge in [0.2, 0.25) is 0 Å². The summed E-state index contributed by atoms with van der Waals surface area (Å²) in [5.41, 5.74) is 3.52. The zero-order valence-corrected chi connectivity index (χ0v) is 17.9. The molecule has 8 heteroatoms. The van der Waals surface area contributed by atoms with Gasteiger partial charge in [0, 0.05) is 30.2 Å². The standard InChI is InChI=1S/C25H20N4O4/c1-16-9-10-19(14-27-16)21-22(29-13-11-18-8-5-12-26-20(18)24(29)30)28-23(33-21)25(31)32-15-17-6-3-2-4-7-17/h2-10,12,14H,11,13,15H2,1H3. The summed E-state index contributed by atoms with van der Waals surface area (Å²) < 4.78 is 11.2. The summed E-state index contributed by atoms with van der Waals surface area (Å²) in [5.74, 6) is -0.711. The summed E-state index contributed by atoms with van der Waals surface area (Å²) in [5, 5.41) is 0. The number of benzene rings is 1. The lowest BCUT2D eigenvalue weighted by Crippen LogP contribution is -2.38. The molecule has 3 aromatic heterocycles. The number of fused-ring (bicyclic) bond motifs is 1. The van der Waals surface area contributed by atoms with Gasteiger partial charge in [0.25, 0.3) is 5.91 Å². The van der Waals surface area contributed by atoms with Crippen LogP contribution >= 0.6 is 0 Å². The highest BCUT2D eigenvalue weighted by molar-refractivity contribution is 6.08. The molecule has 164 valence electrons. The molecule has 0 aliphatic carbocycles. The van der Waals surface area contributed by atoms with Gasteiger partial charge in [-0.3, -0.25) is 19.7 Å². The number of carbonyl (C=O) groups is 2. The first-order chi connectivity index (χ1) is 16.1. The van der Waals surface area contributed by atoms with E-state index in [0.29, 0.717) is 24.2 Å². The molecule has 8 nitrogen and oxygen atoms in total. The Balaban J connectivity index is 1.49. The zero-order valence-electron chi connectivity index (χ0n) is 17.9. The Labute approximate surface area is 189 Å². The number of hydrogen-bond acceptors (Lipinski definition) is 7. The highest BCUT2D eigenvalue weighted by atomic mass is 16.5. The maximum absolute atomic E-state index is 13.2. The number of esters is 1. The first kappa shape index (κ1) is 20.6. The lowest BCUT2D eigenvalue weighted by Gasteiger charge is -2.26. The Kier molecular flexibility index (Phi) is 5.40. The highest BCUT2D eigenvalue weighted by Crippen LogP contribution is 2.34. The van der Waals surface area contributed by atoms with Crippen LogP contribution in [-0.4, -0.2) is 33.4 Å². The lowest BCUT2D eigenvalue weighted by molar-refractivity contribution is 0.0427. The molecule has 0 radical (unpaired) electrons. The van der Waals surface area contributed by atoms with Gasteiger partial charge in [-0.05, 0) is 42.7 Å². The van der Waals surface area contributed by atoms with E-state index in [4.69, 9.17) is 9.15 Å². The number of amides is 1. The molecule has 0 N–H and O–H groups in total. The van der Waals surface area contributed by atoms with Crippen molar-refractivity contribution in [3.8, 4) is 11.3 Å². The van der Waals surface area contributed by atoms with Crippen LogP contribution in [0, 0.1) is 6.92 Å². The van der Waals surface area contributed by atoms with Gasteiger partial charge in [-0.15, -0.1) is 0 Å². The topological polar surface area (TPSA) is 98.4 Å². The van der Waals surface area contributed by atoms with Gasteiger partial charge in [-0.1, -0.05) is 36.4 Å². The number of carbonyl (C=O) groups excluding carboxylic acids is 2. The zero-order chi connectivity index (χ0) is 22.8. The molecule has 0 spiro atoms. The average Bonchev–Trinajstić information content (AvgIpc) is 3.29. The highest BCUT2D eigenvalue weighted by Gasteiger charge is 2.33. The van der Waals surface area contributed by atoms with Gasteiger partial charge >= 0.3 is 11.9 Å². The quantitative estimate of drug-likeness (QED) is 0.433. The number of rotatable bonds is 5. The van der Waals surface area contributed by atoms with Gasteiger partial charge in [0.15, 0.2) is 11.6 Å². The normalized spacial score (nSPS) is 13.0. The predicted molar refractivity (Wildman–Crippen MR) is 120 cm³/mol. The molecule has 4 aromatic rings. The van der Waals surface area contributed by atoms with Gasteiger partial charge in [-0.2, -0.15) is 4.98 Å². The number of oxazole rings is 1. The van der Waals surface area contributed by atoms with E-state index in [9.17, 15) is 9.59 Å². The van der Waals surface area contributed by atoms with Gasteiger partial charge < -0.3 is 9.15 Å². The molecule has 0 fully saturated rings. The smallest absolute Gasteiger partial charge is 0.395 e. The van der Waals surface area contributed by atoms with E-state index in [2.05, 4.69) is 15.0 Å². The third-order valence-corrected chi connectivity index (χ3v) is 5.37. The third-order valence-electron chi connectivity index (χ3n) is 5.37. The van der Waals surface area contributed by atoms with E-state index in [1.165, 1.54) is 4.90 Å². The van der Waals surface area contributed by atoms with E-state index in [1.54, 1.807) is 12.4 Å². The van der Waals surface area contributed by atoms with Crippen LogP contribution in [0.3, 0.4) is 0 Å². The first-order valence-corrected chi connectivity index (χ1v) is 10.5. The molecular formula is C25H20N4O4. The molecule has 1 amide bonds. The summed E-state index contributed by atoms with van der Waals surface area (Å²) in [6.45, 7) is 2.34. The van der Waals surface area contributed by atoms with E-state index in [-0.39, 0.29) is 30.0 Å². The van der Waals surface area contributed by atoms with Crippen molar-refractivity contribution in [1.82, 2.24) is 15.0 Å². The number of aromatic nitrogens is 3. The molecule has 0 saturated heterocycles. The van der Waals surface area contributed by atoms with Crippen LogP contribution in [0.5, 0.6) is 0 Å². The van der Waals surface area contributed by atoms with Crippen molar-refractivity contribution < 1.29 is 18.7 Å². The Bertz CT molecular complexity index is 1320. The predicted octanol–water partition coefficient (Wildman–Crippen LogP) is 4.00. The largest absolute Gasteiger partial charge is 0.454 e. The van der Waals surface area contributed by atoms with Crippen LogP contribution in [-0.2, 0) is 17.8 Å². The summed E-state index contributed by atoms with van der Waals surface area (Å²) in [7, 11) is 0. The van der Waals surface area contributed by atoms with Gasteiger partial charge in [0.05, 0.1) is 0 Å². The SMILES string of the molecule is Cc1ccc(-c2oc(C(=O)OCc3ccccc3)nc2N2CCc3cccnc3C2=O)cn1. The number of pyridine rings is 2. The van der Waals surface area contributed by atoms with Crippen LogP contribution in [0.4, 0.5) is 5.82 Å². The molecule has 0 bridgehead atoms. The monoisotopic (exact) mass is 440 g/mol. The van der Waals surface area contributed by atoms with E-state index in [1.807, 2.05) is 61.5 Å². The summed E-state index contributed by atoms with van der Waals surface area (Å²) in [4.78, 5) is 40.3. The Morgan fingerprint density at radius 2 is 1.94 bits per heavy atom. The fourth-order valence-electron chi connectivity index (χ4n) is 3.65. The molecule has 5 rings (SSSR count). The molecule has 0 saturated carbocycles. The minimum absolute atomic E-state index is 0.0821. The van der Waals surface area contributed by atoms with Crippen molar-refractivity contribution in [2.45, 2.75) is 20.0 Å². The number of ether oxygens (including phenoxy) is 1. The fraction of sp³-hybridized carbons (Fsp3) is 0.160. The van der Waals surface area contributed by atoms with E-state index in [0.717, 1.165) is 16.8 Å². The molecule has 0 atom stereocenters. The van der Waals surface area contributed by atoms with Gasteiger partial charge in [-0.25, -0.2) is 4.79 Å². The second kappa shape index (κ2) is 8.66. The molecule has 1 aromatic carbocycles. The average molecular weight is 440 g/mol. The summed E-state index contributed by atoms with van der Waals surface area (Å²) >= 11 is 0. The minimum atomic E-state index is -0.714. The Morgan fingerprint density at radius 3 is 2.73 bits per heavy atom. The minimum Gasteiger partial charge on any atom is -0.454 e. The number of aryl methyl sites for hydroxylation is 1. The molecule has 1 aliphatic heterocycles. The molecule has 0 unspecified atom stereocenters. The fourth-order valence-corrected chi connectivity index (χ4v) is 3.65. The maximum atomic E-state index is 13.2. The van der Waals surface area contributed by atoms with Crippen LogP contribution in [0.25, 0.3) is 11.3 Å². The van der Waals surface area contributed by atoms with Crippen LogP contribution < -0.4 is 4.90 Å². The molecule has 4 heterocycles. The van der Waals surface area contributed by atoms with Gasteiger partial charge in [0.1, 0.15) is 12.3 Å². The third kappa shape index (κ3) is 4.10. The van der Waals surface area contributed by atoms with Crippen molar-refractivity contribution in [2.75, 3.05) is 11.4 Å². The number of hydrogen-bond donors (Lipinski definition) is 0. The second-order valence-corrected chi connectivity index (χ2v) is 7.64. The second-order valence-electron chi connectivity index (χ2n) is 7.64. The molecular weight excluding hydrogens is 420 g/mol. The molecule has 33 heavy (non-hydrogen) atoms. The molecule has 1 aliphatic rings. The first-order valence-electron chi connectivity index (χ1n) is 10.5. The van der Waals surface area contributed by atoms with Crippen molar-refractivity contribution >= 4 is 17.7 Å². The van der Waals surface area contributed by atoms with Crippen molar-refractivity contribution in [2.24, 2.45) is 0 Å².